The molecule has 7 nitrogen and oxygen atoms in total. The number of carbonyl (C=O) groups is 1. The molecule has 0 saturated heterocycles. The van der Waals surface area contributed by atoms with Crippen LogP contribution in [-0.2, 0) is 0 Å². The van der Waals surface area contributed by atoms with E-state index < -0.39 is 10.8 Å². The predicted molar refractivity (Wildman–Crippen MR) is 99.4 cm³/mol. The van der Waals surface area contributed by atoms with Gasteiger partial charge in [0, 0.05) is 16.7 Å². The molecule has 0 aliphatic carbocycles. The lowest BCUT2D eigenvalue weighted by Gasteiger charge is -2.11. The molecule has 0 atom stereocenters. The summed E-state index contributed by atoms with van der Waals surface area (Å²) in [6.07, 6.45) is 0. The molecule has 0 aliphatic rings. The van der Waals surface area contributed by atoms with E-state index in [-0.39, 0.29) is 21.5 Å². The van der Waals surface area contributed by atoms with E-state index in [2.05, 4.69) is 10.6 Å². The molecule has 130 valence electrons. The van der Waals surface area contributed by atoms with Gasteiger partial charge in [-0.3, -0.25) is 20.2 Å². The number of benzene rings is 2. The van der Waals surface area contributed by atoms with Crippen LogP contribution in [0.2, 0.25) is 5.02 Å². The van der Waals surface area contributed by atoms with Gasteiger partial charge in [0.05, 0.1) is 11.5 Å². The quantitative estimate of drug-likeness (QED) is 0.466. The molecule has 0 bridgehead atoms. The predicted octanol–water partition coefficient (Wildman–Crippen LogP) is 3.77. The molecule has 0 aliphatic heterocycles. The third kappa shape index (κ3) is 5.13. The highest BCUT2D eigenvalue weighted by atomic mass is 35.5. The average molecular weight is 380 g/mol. The SMILES string of the molecule is CCOc1cccc(C(=O)NC(=S)Nc2ccc(Cl)cc2[N+](=O)[O-])c1. The minimum Gasteiger partial charge on any atom is -0.494 e. The van der Waals surface area contributed by atoms with Gasteiger partial charge in [-0.05, 0) is 49.5 Å². The number of nitrogens with one attached hydrogen (secondary N) is 2. The van der Waals surface area contributed by atoms with Crippen molar-refractivity contribution in [3.8, 4) is 5.75 Å². The Kier molecular flexibility index (Phi) is 6.26. The van der Waals surface area contributed by atoms with Crippen LogP contribution in [0, 0.1) is 10.1 Å². The Morgan fingerprint density at radius 2 is 2.08 bits per heavy atom. The van der Waals surface area contributed by atoms with Gasteiger partial charge in [0.15, 0.2) is 5.11 Å². The Balaban J connectivity index is 2.09. The third-order valence-electron chi connectivity index (χ3n) is 3.04. The van der Waals surface area contributed by atoms with Gasteiger partial charge in [-0.25, -0.2) is 0 Å². The summed E-state index contributed by atoms with van der Waals surface area (Å²) in [5, 5.41) is 16.3. The van der Waals surface area contributed by atoms with Gasteiger partial charge in [-0.1, -0.05) is 17.7 Å². The third-order valence-corrected chi connectivity index (χ3v) is 3.48. The first-order valence-electron chi connectivity index (χ1n) is 7.20. The number of carbonyl (C=O) groups excluding carboxylic acids is 1. The van der Waals surface area contributed by atoms with Gasteiger partial charge < -0.3 is 10.1 Å². The molecule has 0 aromatic heterocycles. The number of nitrogens with zero attached hydrogens (tertiary/aromatic N) is 1. The van der Waals surface area contributed by atoms with Crippen LogP contribution in [0.1, 0.15) is 17.3 Å². The molecule has 0 saturated carbocycles. The van der Waals surface area contributed by atoms with Crippen molar-refractivity contribution in [3.05, 3.63) is 63.2 Å². The Morgan fingerprint density at radius 1 is 1.32 bits per heavy atom. The molecular formula is C16H14ClN3O4S. The van der Waals surface area contributed by atoms with Crippen molar-refractivity contribution in [1.29, 1.82) is 0 Å². The topological polar surface area (TPSA) is 93.5 Å². The van der Waals surface area contributed by atoms with Crippen molar-refractivity contribution >= 4 is 46.2 Å². The van der Waals surface area contributed by atoms with Crippen molar-refractivity contribution in [1.82, 2.24) is 5.32 Å². The lowest BCUT2D eigenvalue weighted by atomic mass is 10.2. The number of hydrogen-bond donors (Lipinski definition) is 2. The van der Waals surface area contributed by atoms with Crippen LogP contribution in [0.15, 0.2) is 42.5 Å². The Labute approximate surface area is 154 Å². The number of thiocarbonyl (C=S) groups is 1. The number of amides is 1. The first kappa shape index (κ1) is 18.6. The van der Waals surface area contributed by atoms with Gasteiger partial charge in [0.25, 0.3) is 11.6 Å². The van der Waals surface area contributed by atoms with E-state index in [0.717, 1.165) is 0 Å². The molecule has 0 unspecified atom stereocenters. The second-order valence-electron chi connectivity index (χ2n) is 4.79. The highest BCUT2D eigenvalue weighted by Gasteiger charge is 2.16. The molecule has 2 N–H and O–H groups in total. The highest BCUT2D eigenvalue weighted by Crippen LogP contribution is 2.27. The maximum Gasteiger partial charge on any atom is 0.294 e. The van der Waals surface area contributed by atoms with Crippen molar-refractivity contribution in [2.75, 3.05) is 11.9 Å². The van der Waals surface area contributed by atoms with Crippen molar-refractivity contribution in [2.45, 2.75) is 6.92 Å². The summed E-state index contributed by atoms with van der Waals surface area (Å²) in [6.45, 7) is 2.32. The normalized spacial score (nSPS) is 10.0. The number of ether oxygens (including phenoxy) is 1. The van der Waals surface area contributed by atoms with Crippen LogP contribution in [-0.4, -0.2) is 22.5 Å². The number of nitro benzene ring substituents is 1. The zero-order valence-corrected chi connectivity index (χ0v) is 14.7. The van der Waals surface area contributed by atoms with Gasteiger partial charge in [-0.15, -0.1) is 0 Å². The first-order chi connectivity index (χ1) is 11.9. The maximum absolute atomic E-state index is 12.2. The monoisotopic (exact) mass is 379 g/mol. The second-order valence-corrected chi connectivity index (χ2v) is 5.63. The number of anilines is 1. The fourth-order valence-electron chi connectivity index (χ4n) is 1.98. The van der Waals surface area contributed by atoms with Gasteiger partial charge in [0.2, 0.25) is 0 Å². The van der Waals surface area contributed by atoms with Crippen LogP contribution in [0.3, 0.4) is 0 Å². The molecule has 1 amide bonds. The van der Waals surface area contributed by atoms with Crippen LogP contribution < -0.4 is 15.4 Å². The lowest BCUT2D eigenvalue weighted by Crippen LogP contribution is -2.34. The van der Waals surface area contributed by atoms with Crippen LogP contribution >= 0.6 is 23.8 Å². The zero-order valence-electron chi connectivity index (χ0n) is 13.1. The zero-order chi connectivity index (χ0) is 18.4. The maximum atomic E-state index is 12.2. The molecule has 0 heterocycles. The molecule has 0 radical (unpaired) electrons. The molecule has 0 spiro atoms. The van der Waals surface area contributed by atoms with E-state index in [1.807, 2.05) is 6.92 Å². The largest absolute Gasteiger partial charge is 0.494 e. The van der Waals surface area contributed by atoms with Crippen molar-refractivity contribution in [2.24, 2.45) is 0 Å². The standard InChI is InChI=1S/C16H14ClN3O4S/c1-2-24-12-5-3-4-10(8-12)15(21)19-16(25)18-13-7-6-11(17)9-14(13)20(22)23/h3-9H,2H2,1H3,(H2,18,19,21,25). The number of rotatable bonds is 5. The number of nitro groups is 1. The van der Waals surface area contributed by atoms with Gasteiger partial charge in [-0.2, -0.15) is 0 Å². The molecular weight excluding hydrogens is 366 g/mol. The Hall–Kier alpha value is -2.71. The van der Waals surface area contributed by atoms with E-state index in [9.17, 15) is 14.9 Å². The molecule has 2 aromatic carbocycles. The first-order valence-corrected chi connectivity index (χ1v) is 7.98. The molecule has 0 fully saturated rings. The fraction of sp³-hybridized carbons (Fsp3) is 0.125. The summed E-state index contributed by atoms with van der Waals surface area (Å²) in [6, 6.07) is 10.7. The van der Waals surface area contributed by atoms with E-state index in [1.165, 1.54) is 18.2 Å². The Bertz CT molecular complexity index is 829. The molecule has 9 heteroatoms. The summed E-state index contributed by atoms with van der Waals surface area (Å²) >= 11 is 10.8. The minimum atomic E-state index is -0.593. The van der Waals surface area contributed by atoms with E-state index in [4.69, 9.17) is 28.6 Å². The smallest absolute Gasteiger partial charge is 0.294 e. The molecule has 25 heavy (non-hydrogen) atoms. The van der Waals surface area contributed by atoms with Crippen molar-refractivity contribution in [3.63, 3.8) is 0 Å². The van der Waals surface area contributed by atoms with Crippen LogP contribution in [0.25, 0.3) is 0 Å². The number of hydrogen-bond acceptors (Lipinski definition) is 5. The lowest BCUT2D eigenvalue weighted by molar-refractivity contribution is -0.383. The van der Waals surface area contributed by atoms with Crippen molar-refractivity contribution < 1.29 is 14.5 Å². The van der Waals surface area contributed by atoms with Crippen LogP contribution in [0.4, 0.5) is 11.4 Å². The van der Waals surface area contributed by atoms with Gasteiger partial charge >= 0.3 is 0 Å². The molecule has 2 rings (SSSR count). The van der Waals surface area contributed by atoms with Gasteiger partial charge in [0.1, 0.15) is 11.4 Å². The molecule has 2 aromatic rings. The summed E-state index contributed by atoms with van der Waals surface area (Å²) in [7, 11) is 0. The van der Waals surface area contributed by atoms with E-state index in [0.29, 0.717) is 17.9 Å². The van der Waals surface area contributed by atoms with E-state index in [1.54, 1.807) is 24.3 Å². The fourth-order valence-corrected chi connectivity index (χ4v) is 2.35. The van der Waals surface area contributed by atoms with E-state index >= 15 is 0 Å². The summed E-state index contributed by atoms with van der Waals surface area (Å²) in [5.41, 5.74) is 0.228. The Morgan fingerprint density at radius 3 is 2.76 bits per heavy atom. The highest BCUT2D eigenvalue weighted by molar-refractivity contribution is 7.80. The number of halogens is 1. The minimum absolute atomic E-state index is 0.0720. The summed E-state index contributed by atoms with van der Waals surface area (Å²) in [5.74, 6) is 0.0954. The second kappa shape index (κ2) is 8.41. The summed E-state index contributed by atoms with van der Waals surface area (Å²) in [4.78, 5) is 22.7. The summed E-state index contributed by atoms with van der Waals surface area (Å²) < 4.78 is 5.33. The average Bonchev–Trinajstić information content (AvgIpc) is 2.56. The van der Waals surface area contributed by atoms with Crippen LogP contribution in [0.5, 0.6) is 5.75 Å².